The maximum Gasteiger partial charge on any atom is 0.0866 e. The molecular weight excluding hydrogens is 405 g/mol. The molecule has 4 rings (SSSR count). The Morgan fingerprint density at radius 2 is 1.90 bits per heavy atom. The van der Waals surface area contributed by atoms with E-state index in [0.717, 1.165) is 54.7 Å². The third kappa shape index (κ3) is 4.64. The van der Waals surface area contributed by atoms with Crippen LogP contribution in [0.1, 0.15) is 11.3 Å². The van der Waals surface area contributed by atoms with Gasteiger partial charge in [0.15, 0.2) is 0 Å². The van der Waals surface area contributed by atoms with Crippen molar-refractivity contribution in [2.75, 3.05) is 37.6 Å². The second kappa shape index (κ2) is 8.99. The molecule has 0 atom stereocenters. The molecule has 1 saturated heterocycles. The van der Waals surface area contributed by atoms with Gasteiger partial charge in [-0.2, -0.15) is 5.10 Å². The molecule has 29 heavy (non-hydrogen) atoms. The van der Waals surface area contributed by atoms with Crippen LogP contribution in [0.5, 0.6) is 0 Å². The van der Waals surface area contributed by atoms with E-state index in [2.05, 4.69) is 38.1 Å². The topological polar surface area (TPSA) is 37.2 Å². The molecule has 0 amide bonds. The number of pyridine rings is 1. The number of benzene rings is 1. The van der Waals surface area contributed by atoms with E-state index in [-0.39, 0.29) is 0 Å². The van der Waals surface area contributed by atoms with E-state index >= 15 is 0 Å². The fraction of sp³-hybridized carbons (Fsp3) is 0.273. The van der Waals surface area contributed by atoms with Gasteiger partial charge in [0.05, 0.1) is 16.9 Å². The standard InChI is InChI=1S/C22H23Cl2N5/c1-17-18(15-26-29(17)22-7-8-25-16-21(22)24)4-3-9-27-10-12-28(13-11-27)20-6-2-5-19(23)14-20/h2-8,14-16H,9-13H2,1H3/b4-3+. The van der Waals surface area contributed by atoms with Crippen LogP contribution in [-0.4, -0.2) is 52.4 Å². The average Bonchev–Trinajstić information content (AvgIpc) is 3.09. The first-order chi connectivity index (χ1) is 14.1. The average molecular weight is 428 g/mol. The Kier molecular flexibility index (Phi) is 6.19. The molecule has 0 bridgehead atoms. The van der Waals surface area contributed by atoms with E-state index in [1.54, 1.807) is 12.4 Å². The maximum atomic E-state index is 6.25. The minimum atomic E-state index is 0.590. The van der Waals surface area contributed by atoms with Gasteiger partial charge in [-0.3, -0.25) is 9.88 Å². The molecule has 0 unspecified atom stereocenters. The van der Waals surface area contributed by atoms with Crippen LogP contribution in [0.15, 0.2) is 55.0 Å². The second-order valence-electron chi connectivity index (χ2n) is 7.09. The third-order valence-electron chi connectivity index (χ3n) is 5.23. The summed E-state index contributed by atoms with van der Waals surface area (Å²) in [6.07, 6.45) is 9.58. The van der Waals surface area contributed by atoms with Crippen molar-refractivity contribution in [3.63, 3.8) is 0 Å². The molecular formula is C22H23Cl2N5. The van der Waals surface area contributed by atoms with Crippen LogP contribution in [0.4, 0.5) is 5.69 Å². The molecule has 2 aromatic heterocycles. The zero-order valence-electron chi connectivity index (χ0n) is 16.3. The fourth-order valence-electron chi connectivity index (χ4n) is 3.56. The van der Waals surface area contributed by atoms with Crippen molar-refractivity contribution in [3.05, 3.63) is 76.3 Å². The molecule has 1 fully saturated rings. The van der Waals surface area contributed by atoms with E-state index in [9.17, 15) is 0 Å². The Labute approximate surface area is 181 Å². The largest absolute Gasteiger partial charge is 0.369 e. The fourth-order valence-corrected chi connectivity index (χ4v) is 3.94. The normalized spacial score (nSPS) is 15.3. The number of aromatic nitrogens is 3. The van der Waals surface area contributed by atoms with Crippen LogP contribution >= 0.6 is 23.2 Å². The van der Waals surface area contributed by atoms with Gasteiger partial charge in [0.25, 0.3) is 0 Å². The van der Waals surface area contributed by atoms with Gasteiger partial charge in [-0.1, -0.05) is 41.4 Å². The maximum absolute atomic E-state index is 6.25. The van der Waals surface area contributed by atoms with Crippen molar-refractivity contribution in [2.45, 2.75) is 6.92 Å². The lowest BCUT2D eigenvalue weighted by Crippen LogP contribution is -2.46. The minimum absolute atomic E-state index is 0.590. The van der Waals surface area contributed by atoms with Crippen LogP contribution in [0.2, 0.25) is 10.0 Å². The summed E-state index contributed by atoms with van der Waals surface area (Å²) in [7, 11) is 0. The molecule has 150 valence electrons. The molecule has 5 nitrogen and oxygen atoms in total. The molecule has 0 aliphatic carbocycles. The van der Waals surface area contributed by atoms with Gasteiger partial charge < -0.3 is 4.90 Å². The van der Waals surface area contributed by atoms with Gasteiger partial charge in [-0.15, -0.1) is 0 Å². The van der Waals surface area contributed by atoms with E-state index < -0.39 is 0 Å². The monoisotopic (exact) mass is 427 g/mol. The predicted octanol–water partition coefficient (Wildman–Crippen LogP) is 4.72. The lowest BCUT2D eigenvalue weighted by Gasteiger charge is -2.35. The number of halogens is 2. The highest BCUT2D eigenvalue weighted by Gasteiger charge is 2.16. The van der Waals surface area contributed by atoms with E-state index in [4.69, 9.17) is 23.2 Å². The van der Waals surface area contributed by atoms with Crippen molar-refractivity contribution >= 4 is 35.0 Å². The van der Waals surface area contributed by atoms with Crippen LogP contribution in [0, 0.1) is 6.92 Å². The first-order valence-electron chi connectivity index (χ1n) is 9.66. The Bertz CT molecular complexity index is 1010. The van der Waals surface area contributed by atoms with E-state index in [1.807, 2.05) is 42.1 Å². The van der Waals surface area contributed by atoms with Gasteiger partial charge in [-0.05, 0) is 31.2 Å². The number of nitrogens with zero attached hydrogens (tertiary/aromatic N) is 5. The molecule has 1 aliphatic heterocycles. The highest BCUT2D eigenvalue weighted by atomic mass is 35.5. The van der Waals surface area contributed by atoms with E-state index in [0.29, 0.717) is 5.02 Å². The van der Waals surface area contributed by atoms with Crippen LogP contribution < -0.4 is 4.90 Å². The summed E-state index contributed by atoms with van der Waals surface area (Å²) in [5.41, 5.74) is 4.19. The van der Waals surface area contributed by atoms with E-state index in [1.165, 1.54) is 5.69 Å². The summed E-state index contributed by atoms with van der Waals surface area (Å²) >= 11 is 12.4. The third-order valence-corrected chi connectivity index (χ3v) is 5.76. The van der Waals surface area contributed by atoms with Gasteiger partial charge in [0, 0.05) is 67.1 Å². The number of anilines is 1. The summed E-state index contributed by atoms with van der Waals surface area (Å²) in [6.45, 7) is 7.04. The summed E-state index contributed by atoms with van der Waals surface area (Å²) in [5, 5.41) is 5.86. The van der Waals surface area contributed by atoms with Crippen molar-refractivity contribution in [3.8, 4) is 5.69 Å². The molecule has 0 saturated carbocycles. The number of hydrogen-bond donors (Lipinski definition) is 0. The smallest absolute Gasteiger partial charge is 0.0866 e. The Hall–Kier alpha value is -2.34. The molecule has 3 aromatic rings. The SMILES string of the molecule is Cc1c(/C=C/CN2CCN(c3cccc(Cl)c3)CC2)cnn1-c1ccncc1Cl. The predicted molar refractivity (Wildman–Crippen MR) is 120 cm³/mol. The highest BCUT2D eigenvalue weighted by molar-refractivity contribution is 6.32. The molecule has 0 radical (unpaired) electrons. The molecule has 7 heteroatoms. The van der Waals surface area contributed by atoms with Gasteiger partial charge in [0.2, 0.25) is 0 Å². The first kappa shape index (κ1) is 20.0. The van der Waals surface area contributed by atoms with Crippen molar-refractivity contribution < 1.29 is 0 Å². The summed E-state index contributed by atoms with van der Waals surface area (Å²) in [5.74, 6) is 0. The molecule has 1 aromatic carbocycles. The zero-order valence-corrected chi connectivity index (χ0v) is 17.8. The van der Waals surface area contributed by atoms with Crippen LogP contribution in [0.25, 0.3) is 11.8 Å². The van der Waals surface area contributed by atoms with Crippen molar-refractivity contribution in [1.82, 2.24) is 19.7 Å². The number of hydrogen-bond acceptors (Lipinski definition) is 4. The Morgan fingerprint density at radius 3 is 2.66 bits per heavy atom. The zero-order chi connectivity index (χ0) is 20.2. The lowest BCUT2D eigenvalue weighted by molar-refractivity contribution is 0.284. The first-order valence-corrected chi connectivity index (χ1v) is 10.4. The summed E-state index contributed by atoms with van der Waals surface area (Å²) in [6, 6.07) is 9.95. The van der Waals surface area contributed by atoms with Gasteiger partial charge in [-0.25, -0.2) is 4.68 Å². The molecule has 0 N–H and O–H groups in total. The minimum Gasteiger partial charge on any atom is -0.369 e. The second-order valence-corrected chi connectivity index (χ2v) is 7.94. The number of rotatable bonds is 5. The molecule has 0 spiro atoms. The van der Waals surface area contributed by atoms with Gasteiger partial charge in [0.1, 0.15) is 0 Å². The number of piperazine rings is 1. The summed E-state index contributed by atoms with van der Waals surface area (Å²) in [4.78, 5) is 8.88. The molecule has 3 heterocycles. The van der Waals surface area contributed by atoms with Crippen LogP contribution in [-0.2, 0) is 0 Å². The quantitative estimate of drug-likeness (QED) is 0.590. The highest BCUT2D eigenvalue weighted by Crippen LogP contribution is 2.22. The van der Waals surface area contributed by atoms with Crippen molar-refractivity contribution in [2.24, 2.45) is 0 Å². The lowest BCUT2D eigenvalue weighted by atomic mass is 10.2. The van der Waals surface area contributed by atoms with Gasteiger partial charge >= 0.3 is 0 Å². The molecule has 1 aliphatic rings. The Morgan fingerprint density at radius 1 is 1.07 bits per heavy atom. The summed E-state index contributed by atoms with van der Waals surface area (Å²) < 4.78 is 1.85. The van der Waals surface area contributed by atoms with Crippen LogP contribution in [0.3, 0.4) is 0 Å². The van der Waals surface area contributed by atoms with Crippen molar-refractivity contribution in [1.29, 1.82) is 0 Å². The Balaban J connectivity index is 1.34.